The third-order valence-electron chi connectivity index (χ3n) is 3.99. The summed E-state index contributed by atoms with van der Waals surface area (Å²) in [5.74, 6) is 1.52. The van der Waals surface area contributed by atoms with Gasteiger partial charge < -0.3 is 16.0 Å². The van der Waals surface area contributed by atoms with Gasteiger partial charge in [0.25, 0.3) is 5.91 Å². The Balaban J connectivity index is 2.58. The fourth-order valence-corrected chi connectivity index (χ4v) is 2.52. The molecule has 1 aromatic rings. The molecule has 0 aliphatic carbocycles. The van der Waals surface area contributed by atoms with Crippen LogP contribution in [0.15, 0.2) is 29.3 Å². The predicted molar refractivity (Wildman–Crippen MR) is 106 cm³/mol. The molecule has 0 aliphatic heterocycles. The van der Waals surface area contributed by atoms with E-state index in [0.717, 1.165) is 36.8 Å². The van der Waals surface area contributed by atoms with Crippen molar-refractivity contribution < 1.29 is 4.79 Å². The fraction of sp³-hybridized carbons (Fsp3) is 0.600. The molecule has 1 aromatic carbocycles. The zero-order chi connectivity index (χ0) is 18.7. The molecular weight excluding hydrogens is 312 g/mol. The first-order valence-electron chi connectivity index (χ1n) is 9.32. The number of amides is 1. The molecule has 0 spiro atoms. The number of rotatable bonds is 9. The Morgan fingerprint density at radius 3 is 2.60 bits per heavy atom. The van der Waals surface area contributed by atoms with E-state index in [9.17, 15) is 4.79 Å². The Morgan fingerprint density at radius 2 is 1.96 bits per heavy atom. The van der Waals surface area contributed by atoms with Gasteiger partial charge in [-0.1, -0.05) is 26.0 Å². The van der Waals surface area contributed by atoms with Gasteiger partial charge in [0.2, 0.25) is 0 Å². The molecule has 0 radical (unpaired) electrons. The Labute approximate surface area is 152 Å². The Kier molecular flexibility index (Phi) is 9.66. The highest BCUT2D eigenvalue weighted by Gasteiger charge is 2.07. The second-order valence-electron chi connectivity index (χ2n) is 6.81. The molecule has 1 amide bonds. The average Bonchev–Trinajstić information content (AvgIpc) is 2.59. The van der Waals surface area contributed by atoms with Gasteiger partial charge in [0.15, 0.2) is 5.96 Å². The first-order valence-corrected chi connectivity index (χ1v) is 9.32. The van der Waals surface area contributed by atoms with Gasteiger partial charge in [-0.15, -0.1) is 0 Å². The third kappa shape index (κ3) is 8.57. The van der Waals surface area contributed by atoms with Crippen LogP contribution in [0.4, 0.5) is 0 Å². The molecule has 25 heavy (non-hydrogen) atoms. The maximum Gasteiger partial charge on any atom is 0.251 e. The summed E-state index contributed by atoms with van der Waals surface area (Å²) in [5, 5.41) is 9.43. The summed E-state index contributed by atoms with van der Waals surface area (Å²) in [6.07, 6.45) is 3.15. The summed E-state index contributed by atoms with van der Waals surface area (Å²) in [5.41, 5.74) is 1.81. The number of carbonyl (C=O) groups excluding carboxylic acids is 1. The molecule has 5 nitrogen and oxygen atoms in total. The zero-order valence-corrected chi connectivity index (χ0v) is 16.4. The standard InChI is InChI=1S/C20H34N4O/c1-6-22-20(24-16(4)11-10-15(2)3)23-13-12-17-8-7-9-18(14-17)19(25)21-5/h7-9,14-16H,6,10-13H2,1-5H3,(H,21,25)(H2,22,23,24). The van der Waals surface area contributed by atoms with E-state index in [1.165, 1.54) is 6.42 Å². The number of nitrogens with one attached hydrogen (secondary N) is 3. The number of nitrogens with zero attached hydrogens (tertiary/aromatic N) is 1. The molecular formula is C20H34N4O. The molecule has 0 fully saturated rings. The first kappa shape index (κ1) is 21.0. The SMILES string of the molecule is CCNC(=NCCc1cccc(C(=O)NC)c1)NC(C)CCC(C)C. The van der Waals surface area contributed by atoms with Crippen molar-refractivity contribution in [3.05, 3.63) is 35.4 Å². The quantitative estimate of drug-likeness (QED) is 0.476. The summed E-state index contributed by atoms with van der Waals surface area (Å²) in [4.78, 5) is 16.4. The fourth-order valence-electron chi connectivity index (χ4n) is 2.52. The number of hydrogen-bond acceptors (Lipinski definition) is 2. The van der Waals surface area contributed by atoms with Crippen LogP contribution in [0, 0.1) is 5.92 Å². The van der Waals surface area contributed by atoms with Crippen molar-refractivity contribution in [2.24, 2.45) is 10.9 Å². The molecule has 0 aliphatic rings. The van der Waals surface area contributed by atoms with Gasteiger partial charge in [0.1, 0.15) is 0 Å². The lowest BCUT2D eigenvalue weighted by molar-refractivity contribution is 0.0963. The van der Waals surface area contributed by atoms with E-state index in [1.54, 1.807) is 7.05 Å². The minimum atomic E-state index is -0.0562. The summed E-state index contributed by atoms with van der Waals surface area (Å²) in [6.45, 7) is 10.3. The monoisotopic (exact) mass is 346 g/mol. The number of aliphatic imine (C=N–C) groups is 1. The van der Waals surface area contributed by atoms with E-state index in [0.29, 0.717) is 18.2 Å². The molecule has 0 aromatic heterocycles. The molecule has 0 saturated carbocycles. The van der Waals surface area contributed by atoms with Crippen molar-refractivity contribution in [1.29, 1.82) is 0 Å². The summed E-state index contributed by atoms with van der Waals surface area (Å²) in [6, 6.07) is 8.11. The highest BCUT2D eigenvalue weighted by Crippen LogP contribution is 2.07. The van der Waals surface area contributed by atoms with Crippen molar-refractivity contribution >= 4 is 11.9 Å². The van der Waals surface area contributed by atoms with Gasteiger partial charge in [-0.05, 0) is 56.7 Å². The Bertz CT molecular complexity index is 554. The number of carbonyl (C=O) groups is 1. The van der Waals surface area contributed by atoms with Gasteiger partial charge in [-0.3, -0.25) is 9.79 Å². The molecule has 140 valence electrons. The van der Waals surface area contributed by atoms with Crippen LogP contribution < -0.4 is 16.0 Å². The summed E-state index contributed by atoms with van der Waals surface area (Å²) >= 11 is 0. The van der Waals surface area contributed by atoms with Crippen molar-refractivity contribution in [2.75, 3.05) is 20.1 Å². The number of guanidine groups is 1. The lowest BCUT2D eigenvalue weighted by Crippen LogP contribution is -2.42. The van der Waals surface area contributed by atoms with E-state index in [-0.39, 0.29) is 5.91 Å². The second-order valence-corrected chi connectivity index (χ2v) is 6.81. The van der Waals surface area contributed by atoms with Crippen LogP contribution in [0.2, 0.25) is 0 Å². The minimum Gasteiger partial charge on any atom is -0.357 e. The second kappa shape index (κ2) is 11.5. The molecule has 0 bridgehead atoms. The van der Waals surface area contributed by atoms with Crippen LogP contribution >= 0.6 is 0 Å². The maximum atomic E-state index is 11.7. The van der Waals surface area contributed by atoms with Crippen LogP contribution in [0.3, 0.4) is 0 Å². The lowest BCUT2D eigenvalue weighted by atomic mass is 10.0. The molecule has 5 heteroatoms. The summed E-state index contributed by atoms with van der Waals surface area (Å²) in [7, 11) is 1.65. The number of hydrogen-bond donors (Lipinski definition) is 3. The van der Waals surface area contributed by atoms with Crippen molar-refractivity contribution in [2.45, 2.75) is 53.0 Å². The van der Waals surface area contributed by atoms with Gasteiger partial charge in [0.05, 0.1) is 0 Å². The van der Waals surface area contributed by atoms with Crippen molar-refractivity contribution in [1.82, 2.24) is 16.0 Å². The third-order valence-corrected chi connectivity index (χ3v) is 3.99. The van der Waals surface area contributed by atoms with Gasteiger partial charge in [-0.25, -0.2) is 0 Å². The Morgan fingerprint density at radius 1 is 1.20 bits per heavy atom. The van der Waals surface area contributed by atoms with Crippen LogP contribution in [-0.2, 0) is 6.42 Å². The molecule has 3 N–H and O–H groups in total. The zero-order valence-electron chi connectivity index (χ0n) is 16.4. The highest BCUT2D eigenvalue weighted by atomic mass is 16.1. The average molecular weight is 347 g/mol. The summed E-state index contributed by atoms with van der Waals surface area (Å²) < 4.78 is 0. The maximum absolute atomic E-state index is 11.7. The van der Waals surface area contributed by atoms with Crippen molar-refractivity contribution in [3.8, 4) is 0 Å². The predicted octanol–water partition coefficient (Wildman–Crippen LogP) is 2.97. The van der Waals surface area contributed by atoms with Crippen LogP contribution in [0.25, 0.3) is 0 Å². The highest BCUT2D eigenvalue weighted by molar-refractivity contribution is 5.94. The van der Waals surface area contributed by atoms with Crippen LogP contribution in [0.5, 0.6) is 0 Å². The van der Waals surface area contributed by atoms with Crippen molar-refractivity contribution in [3.63, 3.8) is 0 Å². The molecule has 0 heterocycles. The Hall–Kier alpha value is -2.04. The van der Waals surface area contributed by atoms with E-state index >= 15 is 0 Å². The normalized spacial score (nSPS) is 12.8. The topological polar surface area (TPSA) is 65.5 Å². The first-order chi connectivity index (χ1) is 12.0. The smallest absolute Gasteiger partial charge is 0.251 e. The molecule has 1 unspecified atom stereocenters. The van der Waals surface area contributed by atoms with Gasteiger partial charge in [0, 0.05) is 31.7 Å². The van der Waals surface area contributed by atoms with E-state index in [2.05, 4.69) is 48.6 Å². The minimum absolute atomic E-state index is 0.0562. The van der Waals surface area contributed by atoms with E-state index in [1.807, 2.05) is 24.3 Å². The molecule has 1 rings (SSSR count). The van der Waals surface area contributed by atoms with Crippen LogP contribution in [-0.4, -0.2) is 38.0 Å². The molecule has 0 saturated heterocycles. The van der Waals surface area contributed by atoms with E-state index in [4.69, 9.17) is 0 Å². The largest absolute Gasteiger partial charge is 0.357 e. The van der Waals surface area contributed by atoms with Gasteiger partial charge >= 0.3 is 0 Å². The molecule has 1 atom stereocenters. The lowest BCUT2D eigenvalue weighted by Gasteiger charge is -2.18. The van der Waals surface area contributed by atoms with Crippen LogP contribution in [0.1, 0.15) is 56.5 Å². The van der Waals surface area contributed by atoms with Gasteiger partial charge in [-0.2, -0.15) is 0 Å². The number of benzene rings is 1. The van der Waals surface area contributed by atoms with E-state index < -0.39 is 0 Å².